The van der Waals surface area contributed by atoms with Gasteiger partial charge in [0.25, 0.3) is 0 Å². The highest BCUT2D eigenvalue weighted by molar-refractivity contribution is 7.89. The van der Waals surface area contributed by atoms with Crippen molar-refractivity contribution in [2.75, 3.05) is 45.0 Å². The number of methoxy groups -OCH3 is 2. The lowest BCUT2D eigenvalue weighted by atomic mass is 9.86. The predicted molar refractivity (Wildman–Crippen MR) is 203 cm³/mol. The van der Waals surface area contributed by atoms with Crippen molar-refractivity contribution < 1.29 is 37.0 Å². The number of carbonyl (C=O) groups is 2. The van der Waals surface area contributed by atoms with E-state index in [2.05, 4.69) is 9.88 Å². The van der Waals surface area contributed by atoms with Crippen LogP contribution >= 0.6 is 23.2 Å². The molecule has 0 saturated carbocycles. The first-order valence-corrected chi connectivity index (χ1v) is 20.0. The lowest BCUT2D eigenvalue weighted by Crippen LogP contribution is -2.53. The first kappa shape index (κ1) is 38.4. The number of nitrogens with zero attached hydrogens (tertiary/aromatic N) is 3. The first-order valence-electron chi connectivity index (χ1n) is 17.2. The minimum absolute atomic E-state index is 0.116. The minimum atomic E-state index is -3.31. The molecule has 2 atom stereocenters. The number of ether oxygens (including phenoxy) is 4. The number of amides is 1. The summed E-state index contributed by atoms with van der Waals surface area (Å²) in [4.78, 5) is 35.4. The van der Waals surface area contributed by atoms with Gasteiger partial charge in [0, 0.05) is 37.3 Å². The Hall–Kier alpha value is -4.36. The Morgan fingerprint density at radius 3 is 2.25 bits per heavy atom. The van der Waals surface area contributed by atoms with Crippen LogP contribution in [-0.2, 0) is 38.0 Å². The Labute approximate surface area is 319 Å². The molecule has 3 aromatic carbocycles. The number of hydrogen-bond acceptors (Lipinski definition) is 10. The second-order valence-electron chi connectivity index (χ2n) is 13.4. The smallest absolute Gasteiger partial charge is 0.414 e. The van der Waals surface area contributed by atoms with Crippen molar-refractivity contribution in [1.82, 2.24) is 9.88 Å². The highest BCUT2D eigenvalue weighted by Gasteiger charge is 2.37. The van der Waals surface area contributed by atoms with Crippen LogP contribution in [0.25, 0.3) is 0 Å². The summed E-state index contributed by atoms with van der Waals surface area (Å²) in [6.45, 7) is 2.82. The van der Waals surface area contributed by atoms with Crippen molar-refractivity contribution in [3.8, 4) is 11.5 Å². The molecule has 3 aliphatic heterocycles. The molecule has 11 nitrogen and oxygen atoms in total. The number of piperidine rings is 3. The second-order valence-corrected chi connectivity index (χ2v) is 16.3. The number of hydrogen-bond donors (Lipinski definition) is 0. The maximum Gasteiger partial charge on any atom is 0.414 e. The average molecular weight is 783 g/mol. The van der Waals surface area contributed by atoms with Gasteiger partial charge in [-0.05, 0) is 90.5 Å². The van der Waals surface area contributed by atoms with Crippen LogP contribution in [0, 0.1) is 5.92 Å². The van der Waals surface area contributed by atoms with E-state index in [-0.39, 0.29) is 30.4 Å². The number of anilines is 1. The van der Waals surface area contributed by atoms with Crippen molar-refractivity contribution in [3.63, 3.8) is 0 Å². The van der Waals surface area contributed by atoms with Gasteiger partial charge in [-0.1, -0.05) is 53.5 Å². The fourth-order valence-electron chi connectivity index (χ4n) is 6.84. The van der Waals surface area contributed by atoms with Gasteiger partial charge in [0.2, 0.25) is 0 Å². The highest BCUT2D eigenvalue weighted by Crippen LogP contribution is 2.36. The third-order valence-electron chi connectivity index (χ3n) is 9.62. The Kier molecular flexibility index (Phi) is 12.1. The van der Waals surface area contributed by atoms with Gasteiger partial charge in [-0.15, -0.1) is 0 Å². The van der Waals surface area contributed by atoms with Crippen LogP contribution in [0.2, 0.25) is 10.0 Å². The maximum absolute atomic E-state index is 13.9. The third kappa shape index (κ3) is 9.61. The molecule has 0 aliphatic carbocycles. The van der Waals surface area contributed by atoms with E-state index in [9.17, 15) is 18.0 Å². The monoisotopic (exact) mass is 781 g/mol. The largest absolute Gasteiger partial charge is 0.493 e. The summed E-state index contributed by atoms with van der Waals surface area (Å²) < 4.78 is 47.3. The standard InChI is InChI=1S/C39H41Cl2N3O8S/c1-49-34-12-11-29(18-36(34)50-2)35(19-31-32(40)20-42-21-33(31)41)51-38(45)28-9-7-25(8-10-28)22-44(30-6-4-5-26(17-30)24-53(3,47)48)39(46)52-37-23-43-15-13-27(37)14-16-43/h4-12,17-18,20-21,27,35,37H,13-16,19,22-24H2,1-3H3/t35-,37-/m0/s1. The van der Waals surface area contributed by atoms with Crippen LogP contribution in [0.3, 0.4) is 0 Å². The number of pyridine rings is 1. The SMILES string of the molecule is COc1ccc([C@H](Cc2c(Cl)cncc2Cl)OC(=O)c2ccc(CN(C(=O)O[C@H]3CN4CCC3CC4)c3cccc(CS(C)(=O)=O)c3)cc2)cc1OC. The number of aromatic nitrogens is 1. The molecule has 53 heavy (non-hydrogen) atoms. The molecule has 14 heteroatoms. The average Bonchev–Trinajstić information content (AvgIpc) is 3.14. The lowest BCUT2D eigenvalue weighted by molar-refractivity contribution is -0.0311. The number of rotatable bonds is 13. The van der Waals surface area contributed by atoms with Crippen LogP contribution in [0.15, 0.2) is 79.1 Å². The van der Waals surface area contributed by atoms with Gasteiger partial charge in [0.1, 0.15) is 12.2 Å². The Bertz CT molecular complexity index is 2040. The van der Waals surface area contributed by atoms with E-state index in [1.165, 1.54) is 37.8 Å². The summed E-state index contributed by atoms with van der Waals surface area (Å²) in [6, 6.07) is 18.9. The summed E-state index contributed by atoms with van der Waals surface area (Å²) in [7, 11) is -0.254. The molecule has 1 amide bonds. The molecule has 4 aromatic rings. The van der Waals surface area contributed by atoms with Crippen molar-refractivity contribution >= 4 is 50.8 Å². The normalized spacial score (nSPS) is 18.5. The van der Waals surface area contributed by atoms with Crippen molar-refractivity contribution in [3.05, 3.63) is 117 Å². The molecule has 3 aliphatic rings. The quantitative estimate of drug-likeness (QED) is 0.127. The van der Waals surface area contributed by atoms with E-state index in [4.69, 9.17) is 42.1 Å². The van der Waals surface area contributed by atoms with Gasteiger partial charge in [-0.3, -0.25) is 14.8 Å². The Morgan fingerprint density at radius 1 is 0.925 bits per heavy atom. The molecule has 2 bridgehead atoms. The summed E-state index contributed by atoms with van der Waals surface area (Å²) in [5.41, 5.74) is 3.26. The predicted octanol–water partition coefficient (Wildman–Crippen LogP) is 7.33. The van der Waals surface area contributed by atoms with E-state index >= 15 is 0 Å². The molecular formula is C39H41Cl2N3O8S. The van der Waals surface area contributed by atoms with E-state index < -0.39 is 28.0 Å². The lowest BCUT2D eigenvalue weighted by Gasteiger charge is -2.44. The Morgan fingerprint density at radius 2 is 1.62 bits per heavy atom. The van der Waals surface area contributed by atoms with Gasteiger partial charge in [0.05, 0.1) is 42.1 Å². The summed E-state index contributed by atoms with van der Waals surface area (Å²) >= 11 is 12.9. The van der Waals surface area contributed by atoms with Crippen LogP contribution in [0.5, 0.6) is 11.5 Å². The summed E-state index contributed by atoms with van der Waals surface area (Å²) in [5, 5.41) is 0.670. The minimum Gasteiger partial charge on any atom is -0.493 e. The molecule has 0 unspecified atom stereocenters. The number of halogens is 2. The molecule has 0 radical (unpaired) electrons. The van der Waals surface area contributed by atoms with E-state index in [0.29, 0.717) is 61.9 Å². The number of sulfone groups is 1. The zero-order valence-electron chi connectivity index (χ0n) is 29.7. The van der Waals surface area contributed by atoms with E-state index in [1.807, 2.05) is 0 Å². The fraction of sp³-hybridized carbons (Fsp3) is 0.359. The molecule has 3 fully saturated rings. The molecule has 0 N–H and O–H groups in total. The molecule has 0 spiro atoms. The van der Waals surface area contributed by atoms with E-state index in [0.717, 1.165) is 25.9 Å². The topological polar surface area (TPSA) is 125 Å². The van der Waals surface area contributed by atoms with Crippen LogP contribution < -0.4 is 14.4 Å². The van der Waals surface area contributed by atoms with Gasteiger partial charge >= 0.3 is 12.1 Å². The summed E-state index contributed by atoms with van der Waals surface area (Å²) in [6.07, 6.45) is 4.70. The first-order chi connectivity index (χ1) is 25.4. The van der Waals surface area contributed by atoms with Gasteiger partial charge in [-0.2, -0.15) is 0 Å². The fourth-order valence-corrected chi connectivity index (χ4v) is 8.14. The maximum atomic E-state index is 13.9. The number of esters is 1. The molecule has 7 rings (SSSR count). The number of benzene rings is 3. The summed E-state index contributed by atoms with van der Waals surface area (Å²) in [5.74, 6) is 0.525. The van der Waals surface area contributed by atoms with Crippen molar-refractivity contribution in [2.24, 2.45) is 5.92 Å². The highest BCUT2D eigenvalue weighted by atomic mass is 35.5. The number of carbonyl (C=O) groups excluding carboxylic acids is 2. The van der Waals surface area contributed by atoms with Crippen LogP contribution in [-0.4, -0.2) is 76.6 Å². The second kappa shape index (κ2) is 16.8. The zero-order valence-corrected chi connectivity index (χ0v) is 32.0. The van der Waals surface area contributed by atoms with Crippen molar-refractivity contribution in [2.45, 2.75) is 43.8 Å². The van der Waals surface area contributed by atoms with Crippen LogP contribution in [0.1, 0.15) is 51.6 Å². The van der Waals surface area contributed by atoms with Crippen molar-refractivity contribution in [1.29, 1.82) is 0 Å². The molecule has 280 valence electrons. The van der Waals surface area contributed by atoms with Gasteiger partial charge in [-0.25, -0.2) is 18.0 Å². The molecule has 4 heterocycles. The zero-order chi connectivity index (χ0) is 37.7. The van der Waals surface area contributed by atoms with Gasteiger partial charge in [0.15, 0.2) is 21.3 Å². The van der Waals surface area contributed by atoms with Gasteiger partial charge < -0.3 is 18.9 Å². The molecule has 1 aromatic heterocycles. The molecule has 3 saturated heterocycles. The van der Waals surface area contributed by atoms with E-state index in [1.54, 1.807) is 66.7 Å². The molecular weight excluding hydrogens is 741 g/mol. The third-order valence-corrected chi connectivity index (χ3v) is 11.1. The number of fused-ring (bicyclic) bond motifs is 3. The Balaban J connectivity index is 1.23. The van der Waals surface area contributed by atoms with Crippen LogP contribution in [0.4, 0.5) is 10.5 Å².